The molecule has 0 spiro atoms. The Morgan fingerprint density at radius 3 is 2.40 bits per heavy atom. The molecule has 0 saturated carbocycles. The lowest BCUT2D eigenvalue weighted by molar-refractivity contribution is 0.102. The van der Waals surface area contributed by atoms with Crippen molar-refractivity contribution in [2.24, 2.45) is 0 Å². The molecule has 1 aromatic carbocycles. The molecule has 0 saturated heterocycles. The maximum atomic E-state index is 12.2. The second-order valence-electron chi connectivity index (χ2n) is 4.71. The van der Waals surface area contributed by atoms with E-state index in [1.54, 1.807) is 31.6 Å². The Bertz CT molecular complexity index is 637. The molecule has 0 aliphatic carbocycles. The Balaban J connectivity index is 2.33. The van der Waals surface area contributed by atoms with E-state index in [2.05, 4.69) is 10.3 Å². The number of carbonyl (C=O) groups excluding carboxylic acids is 1. The van der Waals surface area contributed by atoms with E-state index in [-0.39, 0.29) is 5.91 Å². The van der Waals surface area contributed by atoms with Gasteiger partial charge in [0, 0.05) is 23.6 Å². The molecular weight excluding hydrogens is 252 g/mol. The minimum atomic E-state index is -0.139. The van der Waals surface area contributed by atoms with Crippen molar-refractivity contribution in [3.63, 3.8) is 0 Å². The lowest BCUT2D eigenvalue weighted by atomic mass is 10.0. The van der Waals surface area contributed by atoms with Gasteiger partial charge < -0.3 is 10.1 Å². The minimum Gasteiger partial charge on any atom is -0.496 e. The summed E-state index contributed by atoms with van der Waals surface area (Å²) in [7, 11) is 1.66. The molecule has 1 heterocycles. The zero-order valence-corrected chi connectivity index (χ0v) is 12.2. The van der Waals surface area contributed by atoms with Crippen molar-refractivity contribution in [1.82, 2.24) is 4.98 Å². The molecule has 1 aromatic heterocycles. The number of carbonyl (C=O) groups is 1. The number of anilines is 1. The Hall–Kier alpha value is -2.36. The number of ether oxygens (including phenoxy) is 1. The first kappa shape index (κ1) is 14.1. The average Bonchev–Trinajstić information content (AvgIpc) is 2.46. The van der Waals surface area contributed by atoms with Gasteiger partial charge in [-0.3, -0.25) is 9.78 Å². The van der Waals surface area contributed by atoms with Crippen LogP contribution in [0.1, 0.15) is 27.0 Å². The summed E-state index contributed by atoms with van der Waals surface area (Å²) < 4.78 is 5.38. The van der Waals surface area contributed by atoms with Crippen LogP contribution in [0.5, 0.6) is 5.75 Å². The fourth-order valence-electron chi connectivity index (χ4n) is 2.20. The molecule has 0 radical (unpaired) electrons. The molecule has 0 atom stereocenters. The second-order valence-corrected chi connectivity index (χ2v) is 4.71. The van der Waals surface area contributed by atoms with Crippen molar-refractivity contribution >= 4 is 11.6 Å². The van der Waals surface area contributed by atoms with E-state index in [1.807, 2.05) is 26.8 Å². The Morgan fingerprint density at radius 1 is 1.15 bits per heavy atom. The van der Waals surface area contributed by atoms with E-state index in [0.29, 0.717) is 5.56 Å². The molecule has 0 aliphatic heterocycles. The predicted octanol–water partition coefficient (Wildman–Crippen LogP) is 3.27. The van der Waals surface area contributed by atoms with E-state index in [9.17, 15) is 4.79 Å². The van der Waals surface area contributed by atoms with Gasteiger partial charge in [0.25, 0.3) is 5.91 Å². The van der Waals surface area contributed by atoms with Gasteiger partial charge in [0.15, 0.2) is 0 Å². The molecule has 20 heavy (non-hydrogen) atoms. The Morgan fingerprint density at radius 2 is 1.80 bits per heavy atom. The number of pyridine rings is 1. The highest BCUT2D eigenvalue weighted by Gasteiger charge is 2.13. The molecule has 0 fully saturated rings. The van der Waals surface area contributed by atoms with Crippen LogP contribution in [0, 0.1) is 20.8 Å². The summed E-state index contributed by atoms with van der Waals surface area (Å²) >= 11 is 0. The Kier molecular flexibility index (Phi) is 4.03. The molecule has 0 bridgehead atoms. The van der Waals surface area contributed by atoms with Crippen molar-refractivity contribution in [2.75, 3.05) is 12.4 Å². The first-order valence-electron chi connectivity index (χ1n) is 6.40. The molecule has 4 heteroatoms. The van der Waals surface area contributed by atoms with Crippen LogP contribution < -0.4 is 10.1 Å². The van der Waals surface area contributed by atoms with Gasteiger partial charge in [-0.05, 0) is 55.7 Å². The van der Waals surface area contributed by atoms with Crippen molar-refractivity contribution < 1.29 is 9.53 Å². The molecule has 4 nitrogen and oxygen atoms in total. The van der Waals surface area contributed by atoms with Crippen LogP contribution in [0.2, 0.25) is 0 Å². The summed E-state index contributed by atoms with van der Waals surface area (Å²) in [5.41, 5.74) is 4.45. The topological polar surface area (TPSA) is 51.2 Å². The number of methoxy groups -OCH3 is 1. The van der Waals surface area contributed by atoms with Crippen LogP contribution in [0.3, 0.4) is 0 Å². The Labute approximate surface area is 118 Å². The quantitative estimate of drug-likeness (QED) is 0.931. The van der Waals surface area contributed by atoms with E-state index < -0.39 is 0 Å². The fourth-order valence-corrected chi connectivity index (χ4v) is 2.20. The molecule has 0 unspecified atom stereocenters. The zero-order chi connectivity index (χ0) is 14.7. The molecule has 1 N–H and O–H groups in total. The number of rotatable bonds is 3. The zero-order valence-electron chi connectivity index (χ0n) is 12.2. The van der Waals surface area contributed by atoms with Gasteiger partial charge in [-0.15, -0.1) is 0 Å². The van der Waals surface area contributed by atoms with E-state index in [4.69, 9.17) is 4.74 Å². The van der Waals surface area contributed by atoms with Crippen molar-refractivity contribution in [2.45, 2.75) is 20.8 Å². The average molecular weight is 270 g/mol. The standard InChI is InChI=1S/C16H18N2O2/c1-10-9-14(11(2)12(3)15(10)20-4)18-16(19)13-5-7-17-8-6-13/h5-9H,1-4H3,(H,18,19). The van der Waals surface area contributed by atoms with Crippen molar-refractivity contribution in [1.29, 1.82) is 0 Å². The number of hydrogen-bond donors (Lipinski definition) is 1. The third-order valence-corrected chi connectivity index (χ3v) is 3.42. The number of nitrogens with zero attached hydrogens (tertiary/aromatic N) is 1. The summed E-state index contributed by atoms with van der Waals surface area (Å²) in [5.74, 6) is 0.726. The number of benzene rings is 1. The maximum Gasteiger partial charge on any atom is 0.255 e. The minimum absolute atomic E-state index is 0.139. The third kappa shape index (κ3) is 2.64. The number of aromatic nitrogens is 1. The molecule has 0 aliphatic rings. The normalized spacial score (nSPS) is 10.2. The number of aryl methyl sites for hydroxylation is 1. The van der Waals surface area contributed by atoms with Crippen molar-refractivity contribution in [3.8, 4) is 5.75 Å². The highest BCUT2D eigenvalue weighted by molar-refractivity contribution is 6.04. The number of nitrogens with one attached hydrogen (secondary N) is 1. The number of hydrogen-bond acceptors (Lipinski definition) is 3. The third-order valence-electron chi connectivity index (χ3n) is 3.42. The molecular formula is C16H18N2O2. The smallest absolute Gasteiger partial charge is 0.255 e. The molecule has 104 valence electrons. The summed E-state index contributed by atoms with van der Waals surface area (Å²) in [5, 5.41) is 2.94. The maximum absolute atomic E-state index is 12.2. The van der Waals surface area contributed by atoms with E-state index in [0.717, 1.165) is 28.1 Å². The van der Waals surface area contributed by atoms with Crippen molar-refractivity contribution in [3.05, 3.63) is 52.8 Å². The van der Waals surface area contributed by atoms with Gasteiger partial charge in [-0.25, -0.2) is 0 Å². The van der Waals surface area contributed by atoms with E-state index in [1.165, 1.54) is 0 Å². The summed E-state index contributed by atoms with van der Waals surface area (Å²) in [6.45, 7) is 5.93. The summed E-state index contributed by atoms with van der Waals surface area (Å²) in [6.07, 6.45) is 3.21. The number of amides is 1. The molecule has 2 aromatic rings. The summed E-state index contributed by atoms with van der Waals surface area (Å²) in [6, 6.07) is 5.31. The molecule has 1 amide bonds. The van der Waals surface area contributed by atoms with Gasteiger partial charge in [0.1, 0.15) is 5.75 Å². The second kappa shape index (κ2) is 5.74. The van der Waals surface area contributed by atoms with Crippen LogP contribution in [0.25, 0.3) is 0 Å². The van der Waals surface area contributed by atoms with Gasteiger partial charge >= 0.3 is 0 Å². The van der Waals surface area contributed by atoms with Gasteiger partial charge in [-0.1, -0.05) is 0 Å². The van der Waals surface area contributed by atoms with Crippen LogP contribution in [0.15, 0.2) is 30.6 Å². The lowest BCUT2D eigenvalue weighted by Gasteiger charge is -2.16. The monoisotopic (exact) mass is 270 g/mol. The van der Waals surface area contributed by atoms with Crippen LogP contribution in [-0.4, -0.2) is 18.0 Å². The SMILES string of the molecule is COc1c(C)cc(NC(=O)c2ccncc2)c(C)c1C. The van der Waals surface area contributed by atoms with Gasteiger partial charge in [0.2, 0.25) is 0 Å². The van der Waals surface area contributed by atoms with Crippen LogP contribution in [-0.2, 0) is 0 Å². The highest BCUT2D eigenvalue weighted by Crippen LogP contribution is 2.31. The first-order valence-corrected chi connectivity index (χ1v) is 6.40. The summed E-state index contributed by atoms with van der Waals surface area (Å²) in [4.78, 5) is 16.1. The first-order chi connectivity index (χ1) is 9.54. The lowest BCUT2D eigenvalue weighted by Crippen LogP contribution is -2.13. The van der Waals surface area contributed by atoms with Gasteiger partial charge in [-0.2, -0.15) is 0 Å². The highest BCUT2D eigenvalue weighted by atomic mass is 16.5. The molecule has 2 rings (SSSR count). The predicted molar refractivity (Wildman–Crippen MR) is 79.4 cm³/mol. The van der Waals surface area contributed by atoms with Gasteiger partial charge in [0.05, 0.1) is 7.11 Å². The largest absolute Gasteiger partial charge is 0.496 e. The van der Waals surface area contributed by atoms with Crippen LogP contribution in [0.4, 0.5) is 5.69 Å². The fraction of sp³-hybridized carbons (Fsp3) is 0.250. The van der Waals surface area contributed by atoms with Crippen LogP contribution >= 0.6 is 0 Å². The van der Waals surface area contributed by atoms with E-state index >= 15 is 0 Å².